The molecule has 2 aromatic rings. The molecule has 0 aromatic carbocycles. The lowest BCUT2D eigenvalue weighted by Crippen LogP contribution is -2.48. The number of halogens is 3. The lowest BCUT2D eigenvalue weighted by molar-refractivity contribution is -0.136. The van der Waals surface area contributed by atoms with Gasteiger partial charge in [-0.05, 0) is 37.7 Å². The molecule has 1 amide bonds. The normalized spacial score (nSPS) is 25.0. The molecule has 7 nitrogen and oxygen atoms in total. The summed E-state index contributed by atoms with van der Waals surface area (Å²) >= 11 is 0. The molecule has 2 fully saturated rings. The van der Waals surface area contributed by atoms with Gasteiger partial charge in [0.1, 0.15) is 6.04 Å². The number of alkyl halides is 3. The van der Waals surface area contributed by atoms with Gasteiger partial charge in [-0.15, -0.1) is 0 Å². The summed E-state index contributed by atoms with van der Waals surface area (Å²) in [6.45, 7) is 6.83. The minimum atomic E-state index is -4.54. The molecule has 10 heteroatoms. The quantitative estimate of drug-likeness (QED) is 0.760. The Morgan fingerprint density at radius 2 is 2.13 bits per heavy atom. The number of pyridine rings is 1. The number of carbonyl (C=O) groups is 1. The average molecular weight is 439 g/mol. The monoisotopic (exact) mass is 439 g/mol. The van der Waals surface area contributed by atoms with Gasteiger partial charge < -0.3 is 9.42 Å². The number of hydrogen-bond donors (Lipinski definition) is 2. The van der Waals surface area contributed by atoms with Crippen molar-refractivity contribution in [1.29, 1.82) is 0 Å². The maximum absolute atomic E-state index is 13.8. The van der Waals surface area contributed by atoms with Crippen LogP contribution in [-0.2, 0) is 17.4 Å². The molecule has 0 aliphatic carbocycles. The summed E-state index contributed by atoms with van der Waals surface area (Å²) in [5.74, 6) is 0.0300. The molecule has 0 spiro atoms. The second kappa shape index (κ2) is 8.38. The standard InChI is InChI=1S/C21H28F3N5O2/c1-4-13-8-14(21(22,23)24)17-18(28-31-19(17)25-13)12-6-5-7-29(10-12)20(30)16-9-15(11(2)3)26-27-16/h8,11-12,15-16,26-27H,4-7,9-10H2,1-3H3. The highest BCUT2D eigenvalue weighted by molar-refractivity contribution is 5.83. The zero-order chi connectivity index (χ0) is 22.3. The second-order valence-electron chi connectivity index (χ2n) is 8.81. The van der Waals surface area contributed by atoms with E-state index in [0.29, 0.717) is 50.4 Å². The van der Waals surface area contributed by atoms with E-state index in [4.69, 9.17) is 4.52 Å². The first-order valence-corrected chi connectivity index (χ1v) is 10.8. The Kier molecular flexibility index (Phi) is 5.95. The summed E-state index contributed by atoms with van der Waals surface area (Å²) in [7, 11) is 0. The third-order valence-electron chi connectivity index (χ3n) is 6.35. The van der Waals surface area contributed by atoms with Gasteiger partial charge in [0.05, 0.1) is 16.6 Å². The number of hydrogen-bond acceptors (Lipinski definition) is 6. The summed E-state index contributed by atoms with van der Waals surface area (Å²) < 4.78 is 46.6. The largest absolute Gasteiger partial charge is 0.417 e. The molecular weight excluding hydrogens is 411 g/mol. The highest BCUT2D eigenvalue weighted by Crippen LogP contribution is 2.40. The zero-order valence-corrected chi connectivity index (χ0v) is 17.9. The number of fused-ring (bicyclic) bond motifs is 1. The fourth-order valence-electron chi connectivity index (χ4n) is 4.51. The number of likely N-dealkylation sites (tertiary alicyclic amines) is 1. The van der Waals surface area contributed by atoms with Crippen molar-refractivity contribution in [3.05, 3.63) is 23.0 Å². The van der Waals surface area contributed by atoms with E-state index in [0.717, 1.165) is 6.07 Å². The molecule has 3 unspecified atom stereocenters. The molecular formula is C21H28F3N5O2. The van der Waals surface area contributed by atoms with Crippen LogP contribution < -0.4 is 10.9 Å². The number of hydrazine groups is 1. The predicted molar refractivity (Wildman–Crippen MR) is 108 cm³/mol. The van der Waals surface area contributed by atoms with Gasteiger partial charge in [-0.3, -0.25) is 10.2 Å². The van der Waals surface area contributed by atoms with Gasteiger partial charge in [0.25, 0.3) is 5.71 Å². The van der Waals surface area contributed by atoms with Gasteiger partial charge in [-0.2, -0.15) is 13.2 Å². The Labute approximate surface area is 178 Å². The third-order valence-corrected chi connectivity index (χ3v) is 6.35. The van der Waals surface area contributed by atoms with Gasteiger partial charge in [0.15, 0.2) is 0 Å². The Morgan fingerprint density at radius 1 is 1.35 bits per heavy atom. The van der Waals surface area contributed by atoms with E-state index in [1.807, 2.05) is 0 Å². The van der Waals surface area contributed by atoms with Crippen molar-refractivity contribution in [1.82, 2.24) is 25.9 Å². The van der Waals surface area contributed by atoms with Gasteiger partial charge >= 0.3 is 6.18 Å². The number of aromatic nitrogens is 2. The van der Waals surface area contributed by atoms with Crippen LogP contribution in [0.25, 0.3) is 11.1 Å². The van der Waals surface area contributed by atoms with E-state index in [9.17, 15) is 18.0 Å². The Hall–Kier alpha value is -2.20. The van der Waals surface area contributed by atoms with Crippen molar-refractivity contribution in [3.8, 4) is 0 Å². The maximum atomic E-state index is 13.8. The molecule has 4 rings (SSSR count). The molecule has 170 valence electrons. The lowest BCUT2D eigenvalue weighted by Gasteiger charge is -2.33. The first kappa shape index (κ1) is 22.0. The molecule has 0 saturated carbocycles. The van der Waals surface area contributed by atoms with E-state index in [1.165, 1.54) is 0 Å². The number of nitrogens with zero attached hydrogens (tertiary/aromatic N) is 3. The highest BCUT2D eigenvalue weighted by atomic mass is 19.4. The van der Waals surface area contributed by atoms with Crippen molar-refractivity contribution in [2.45, 2.75) is 70.6 Å². The average Bonchev–Trinajstić information content (AvgIpc) is 3.39. The Bertz CT molecular complexity index is 958. The van der Waals surface area contributed by atoms with Crippen molar-refractivity contribution in [2.75, 3.05) is 13.1 Å². The molecule has 0 bridgehead atoms. The summed E-state index contributed by atoms with van der Waals surface area (Å²) in [5.41, 5.74) is 5.93. The first-order chi connectivity index (χ1) is 14.7. The number of aryl methyl sites for hydroxylation is 1. The van der Waals surface area contributed by atoms with E-state index in [1.54, 1.807) is 11.8 Å². The molecule has 2 aliphatic heterocycles. The number of rotatable bonds is 4. The van der Waals surface area contributed by atoms with Crippen molar-refractivity contribution < 1.29 is 22.5 Å². The Balaban J connectivity index is 1.59. The molecule has 2 aromatic heterocycles. The van der Waals surface area contributed by atoms with Crippen LogP contribution in [0.15, 0.2) is 10.6 Å². The Morgan fingerprint density at radius 3 is 2.77 bits per heavy atom. The van der Waals surface area contributed by atoms with E-state index < -0.39 is 11.7 Å². The van der Waals surface area contributed by atoms with Gasteiger partial charge in [-0.1, -0.05) is 25.9 Å². The second-order valence-corrected chi connectivity index (χ2v) is 8.81. The van der Waals surface area contributed by atoms with Crippen molar-refractivity contribution in [2.24, 2.45) is 5.92 Å². The van der Waals surface area contributed by atoms with Gasteiger partial charge in [-0.25, -0.2) is 10.4 Å². The van der Waals surface area contributed by atoms with Crippen LogP contribution in [0.4, 0.5) is 13.2 Å². The van der Waals surface area contributed by atoms with Gasteiger partial charge in [0.2, 0.25) is 5.91 Å². The van der Waals surface area contributed by atoms with Crippen LogP contribution in [0, 0.1) is 5.92 Å². The van der Waals surface area contributed by atoms with Crippen LogP contribution >= 0.6 is 0 Å². The van der Waals surface area contributed by atoms with E-state index in [2.05, 4.69) is 34.8 Å². The molecule has 4 heterocycles. The summed E-state index contributed by atoms with van der Waals surface area (Å²) in [6.07, 6.45) is -2.16. The van der Waals surface area contributed by atoms with E-state index in [-0.39, 0.29) is 40.7 Å². The summed E-state index contributed by atoms with van der Waals surface area (Å²) in [5, 5.41) is 3.91. The molecule has 2 aliphatic rings. The van der Waals surface area contributed by atoms with Crippen LogP contribution in [0.3, 0.4) is 0 Å². The smallest absolute Gasteiger partial charge is 0.341 e. The topological polar surface area (TPSA) is 83.3 Å². The first-order valence-electron chi connectivity index (χ1n) is 10.8. The minimum absolute atomic E-state index is 0.0319. The molecule has 2 saturated heterocycles. The van der Waals surface area contributed by atoms with Crippen LogP contribution in [-0.4, -0.2) is 46.1 Å². The zero-order valence-electron chi connectivity index (χ0n) is 17.9. The number of nitrogens with one attached hydrogen (secondary N) is 2. The van der Waals surface area contributed by atoms with Crippen LogP contribution in [0.1, 0.15) is 62.9 Å². The summed E-state index contributed by atoms with van der Waals surface area (Å²) in [6, 6.07) is 0.955. The highest BCUT2D eigenvalue weighted by Gasteiger charge is 2.39. The molecule has 31 heavy (non-hydrogen) atoms. The fraction of sp³-hybridized carbons (Fsp3) is 0.667. The predicted octanol–water partition coefficient (Wildman–Crippen LogP) is 3.40. The fourth-order valence-corrected chi connectivity index (χ4v) is 4.51. The SMILES string of the molecule is CCc1cc(C(F)(F)F)c2c(C3CCCN(C(=O)C4CC(C(C)C)NN4)C3)noc2n1. The number of amides is 1. The molecule has 0 radical (unpaired) electrons. The van der Waals surface area contributed by atoms with Crippen molar-refractivity contribution >= 4 is 17.0 Å². The van der Waals surface area contributed by atoms with Crippen LogP contribution in [0.5, 0.6) is 0 Å². The lowest BCUT2D eigenvalue weighted by atomic mass is 9.91. The van der Waals surface area contributed by atoms with Gasteiger partial charge in [0, 0.05) is 30.7 Å². The summed E-state index contributed by atoms with van der Waals surface area (Å²) in [4.78, 5) is 19.0. The number of carbonyl (C=O) groups excluding carboxylic acids is 1. The van der Waals surface area contributed by atoms with E-state index >= 15 is 0 Å². The van der Waals surface area contributed by atoms with Crippen LogP contribution in [0.2, 0.25) is 0 Å². The molecule has 3 atom stereocenters. The number of piperidine rings is 1. The maximum Gasteiger partial charge on any atom is 0.417 e. The third kappa shape index (κ3) is 4.27. The molecule has 2 N–H and O–H groups in total. The minimum Gasteiger partial charge on any atom is -0.341 e. The van der Waals surface area contributed by atoms with Crippen molar-refractivity contribution in [3.63, 3.8) is 0 Å².